The van der Waals surface area contributed by atoms with Crippen molar-refractivity contribution in [3.63, 3.8) is 0 Å². The van der Waals surface area contributed by atoms with Gasteiger partial charge in [0.05, 0.1) is 33.7 Å². The molecule has 154 valence electrons. The minimum Gasteiger partial charge on any atom is -0.508 e. The lowest BCUT2D eigenvalue weighted by atomic mass is 10.1. The number of hydrogen-bond acceptors (Lipinski definition) is 7. The lowest BCUT2D eigenvalue weighted by Crippen LogP contribution is -2.22. The molecule has 0 bridgehead atoms. The number of amides is 1. The Morgan fingerprint density at radius 3 is 2.68 bits per heavy atom. The van der Waals surface area contributed by atoms with Crippen molar-refractivity contribution in [1.29, 1.82) is 0 Å². The number of anilines is 1. The Kier molecular flexibility index (Phi) is 4.01. The number of phenols is 1. The third-order valence-corrected chi connectivity index (χ3v) is 5.43. The van der Waals surface area contributed by atoms with Crippen LogP contribution in [0.2, 0.25) is 0 Å². The molecule has 0 atom stereocenters. The molecule has 4 heterocycles. The smallest absolute Gasteiger partial charge is 0.260 e. The van der Waals surface area contributed by atoms with Crippen LogP contribution in [0, 0.1) is 20.8 Å². The maximum atomic E-state index is 13.3. The molecule has 4 aromatic rings. The first-order chi connectivity index (χ1) is 14.9. The SMILES string of the molecule is Cc1nc2c3c(c(N)n(-c4c(C)ccc(O)c4C)c3n1)C(=O)NC(c1ccncn1)=C2. The van der Waals surface area contributed by atoms with Gasteiger partial charge in [0.15, 0.2) is 5.65 Å². The number of aromatic nitrogens is 5. The number of aryl methyl sites for hydroxylation is 2. The van der Waals surface area contributed by atoms with Crippen molar-refractivity contribution in [1.82, 2.24) is 29.8 Å². The first kappa shape index (κ1) is 18.7. The fourth-order valence-corrected chi connectivity index (χ4v) is 4.01. The van der Waals surface area contributed by atoms with E-state index in [4.69, 9.17) is 5.73 Å². The van der Waals surface area contributed by atoms with Crippen LogP contribution >= 0.6 is 0 Å². The molecule has 3 aromatic heterocycles. The number of rotatable bonds is 2. The first-order valence-electron chi connectivity index (χ1n) is 9.64. The summed E-state index contributed by atoms with van der Waals surface area (Å²) in [7, 11) is 0. The van der Waals surface area contributed by atoms with E-state index in [2.05, 4.69) is 25.3 Å². The normalized spacial score (nSPS) is 13.1. The zero-order chi connectivity index (χ0) is 21.9. The van der Waals surface area contributed by atoms with Gasteiger partial charge in [0.25, 0.3) is 5.91 Å². The number of nitrogens with one attached hydrogen (secondary N) is 1. The molecular formula is C22H19N7O2. The van der Waals surface area contributed by atoms with Crippen molar-refractivity contribution < 1.29 is 9.90 Å². The van der Waals surface area contributed by atoms with Gasteiger partial charge in [0.1, 0.15) is 23.7 Å². The number of aromatic hydroxyl groups is 1. The third kappa shape index (κ3) is 2.74. The van der Waals surface area contributed by atoms with E-state index >= 15 is 0 Å². The number of carbonyl (C=O) groups is 1. The minimum absolute atomic E-state index is 0.136. The summed E-state index contributed by atoms with van der Waals surface area (Å²) in [4.78, 5) is 30.6. The summed E-state index contributed by atoms with van der Waals surface area (Å²) in [6, 6.07) is 5.14. The molecule has 0 saturated carbocycles. The monoisotopic (exact) mass is 413 g/mol. The highest BCUT2D eigenvalue weighted by molar-refractivity contribution is 6.18. The Morgan fingerprint density at radius 2 is 1.94 bits per heavy atom. The van der Waals surface area contributed by atoms with Gasteiger partial charge in [-0.2, -0.15) is 0 Å². The topological polar surface area (TPSA) is 132 Å². The minimum atomic E-state index is -0.382. The summed E-state index contributed by atoms with van der Waals surface area (Å²) in [5.74, 6) is 0.503. The number of nitrogens with two attached hydrogens (primary N) is 1. The van der Waals surface area contributed by atoms with Gasteiger partial charge in [-0.3, -0.25) is 9.36 Å². The highest BCUT2D eigenvalue weighted by Crippen LogP contribution is 2.38. The highest BCUT2D eigenvalue weighted by atomic mass is 16.3. The Bertz CT molecular complexity index is 1420. The largest absolute Gasteiger partial charge is 0.508 e. The van der Waals surface area contributed by atoms with Crippen molar-refractivity contribution in [2.24, 2.45) is 0 Å². The van der Waals surface area contributed by atoms with E-state index in [0.29, 0.717) is 45.2 Å². The number of phenolic OH excluding ortho intramolecular Hbond substituents is 1. The van der Waals surface area contributed by atoms with Crippen LogP contribution in [0.25, 0.3) is 28.5 Å². The summed E-state index contributed by atoms with van der Waals surface area (Å²) in [6.45, 7) is 5.50. The number of hydrogen-bond donors (Lipinski definition) is 3. The van der Waals surface area contributed by atoms with Gasteiger partial charge in [-0.25, -0.2) is 19.9 Å². The van der Waals surface area contributed by atoms with Crippen LogP contribution in [-0.4, -0.2) is 35.5 Å². The van der Waals surface area contributed by atoms with Crippen LogP contribution in [0.3, 0.4) is 0 Å². The van der Waals surface area contributed by atoms with Crippen LogP contribution in [0.4, 0.5) is 5.82 Å². The molecule has 1 aromatic carbocycles. The number of nitrogens with zero attached hydrogens (tertiary/aromatic N) is 5. The fraction of sp³-hybridized carbons (Fsp3) is 0.136. The van der Waals surface area contributed by atoms with Gasteiger partial charge in [-0.05, 0) is 44.5 Å². The second kappa shape index (κ2) is 6.63. The van der Waals surface area contributed by atoms with Crippen molar-refractivity contribution >= 4 is 34.5 Å². The van der Waals surface area contributed by atoms with Crippen molar-refractivity contribution in [2.45, 2.75) is 20.8 Å². The van der Waals surface area contributed by atoms with Gasteiger partial charge in [-0.15, -0.1) is 0 Å². The van der Waals surface area contributed by atoms with Crippen LogP contribution < -0.4 is 11.1 Å². The summed E-state index contributed by atoms with van der Waals surface area (Å²) >= 11 is 0. The molecule has 4 N–H and O–H groups in total. The standard InChI is InChI=1S/C22H19N7O2/c1-10-4-5-16(30)11(2)19(10)29-20(23)18-17-15(26-12(3)27-21(17)29)8-14(28-22(18)31)13-6-7-24-9-25-13/h4-9,30H,23H2,1-3H3,(H,28,31). The Morgan fingerprint density at radius 1 is 1.13 bits per heavy atom. The Hall–Kier alpha value is -4.27. The molecule has 0 saturated heterocycles. The average Bonchev–Trinajstić information content (AvgIpc) is 2.93. The Labute approximate surface area is 177 Å². The molecule has 31 heavy (non-hydrogen) atoms. The molecule has 1 amide bonds. The molecule has 9 nitrogen and oxygen atoms in total. The second-order valence-corrected chi connectivity index (χ2v) is 7.43. The summed E-state index contributed by atoms with van der Waals surface area (Å²) in [6.07, 6.45) is 4.78. The van der Waals surface area contributed by atoms with Crippen molar-refractivity contribution in [3.05, 3.63) is 64.6 Å². The maximum absolute atomic E-state index is 13.3. The van der Waals surface area contributed by atoms with E-state index < -0.39 is 0 Å². The summed E-state index contributed by atoms with van der Waals surface area (Å²) < 4.78 is 1.72. The molecule has 9 heteroatoms. The molecular weight excluding hydrogens is 394 g/mol. The number of nitrogen functional groups attached to an aromatic ring is 1. The van der Waals surface area contributed by atoms with Crippen molar-refractivity contribution in [2.75, 3.05) is 5.73 Å². The van der Waals surface area contributed by atoms with Gasteiger partial charge < -0.3 is 16.2 Å². The van der Waals surface area contributed by atoms with Gasteiger partial charge >= 0.3 is 0 Å². The molecule has 0 fully saturated rings. The second-order valence-electron chi connectivity index (χ2n) is 7.43. The number of carbonyl (C=O) groups excluding carboxylic acids is 1. The van der Waals surface area contributed by atoms with E-state index in [9.17, 15) is 9.90 Å². The third-order valence-electron chi connectivity index (χ3n) is 5.43. The lowest BCUT2D eigenvalue weighted by molar-refractivity contribution is 0.0976. The average molecular weight is 413 g/mol. The maximum Gasteiger partial charge on any atom is 0.260 e. The molecule has 0 aliphatic carbocycles. The molecule has 5 rings (SSSR count). The van der Waals surface area contributed by atoms with Gasteiger partial charge in [-0.1, -0.05) is 6.07 Å². The fourth-order valence-electron chi connectivity index (χ4n) is 4.01. The van der Waals surface area contributed by atoms with Crippen LogP contribution in [-0.2, 0) is 0 Å². The first-order valence-corrected chi connectivity index (χ1v) is 9.64. The van der Waals surface area contributed by atoms with E-state index in [1.54, 1.807) is 48.9 Å². The zero-order valence-corrected chi connectivity index (χ0v) is 17.1. The molecule has 1 aliphatic rings. The molecule has 1 aliphatic heterocycles. The predicted molar refractivity (Wildman–Crippen MR) is 117 cm³/mol. The molecule has 0 spiro atoms. The quantitative estimate of drug-likeness (QED) is 0.460. The van der Waals surface area contributed by atoms with E-state index in [1.807, 2.05) is 6.92 Å². The highest BCUT2D eigenvalue weighted by Gasteiger charge is 2.30. The van der Waals surface area contributed by atoms with E-state index in [-0.39, 0.29) is 23.0 Å². The molecule has 0 radical (unpaired) electrons. The summed E-state index contributed by atoms with van der Waals surface area (Å²) in [5.41, 5.74) is 11.2. The predicted octanol–water partition coefficient (Wildman–Crippen LogP) is 2.67. The summed E-state index contributed by atoms with van der Waals surface area (Å²) in [5, 5.41) is 13.7. The van der Waals surface area contributed by atoms with E-state index in [0.717, 1.165) is 5.56 Å². The van der Waals surface area contributed by atoms with Crippen LogP contribution in [0.5, 0.6) is 5.75 Å². The van der Waals surface area contributed by atoms with Crippen LogP contribution in [0.15, 0.2) is 30.7 Å². The van der Waals surface area contributed by atoms with Gasteiger partial charge in [0.2, 0.25) is 0 Å². The lowest BCUT2D eigenvalue weighted by Gasteiger charge is -2.16. The van der Waals surface area contributed by atoms with Crippen molar-refractivity contribution in [3.8, 4) is 11.4 Å². The van der Waals surface area contributed by atoms with E-state index in [1.165, 1.54) is 6.33 Å². The zero-order valence-electron chi connectivity index (χ0n) is 17.1. The molecule has 0 unspecified atom stereocenters. The van der Waals surface area contributed by atoms with Crippen LogP contribution in [0.1, 0.15) is 38.7 Å². The Balaban J connectivity index is 1.89. The van der Waals surface area contributed by atoms with Gasteiger partial charge in [0, 0.05) is 11.8 Å². The number of benzene rings is 1.